The number of sulfonamides is 1. The van der Waals surface area contributed by atoms with Crippen molar-refractivity contribution < 1.29 is 17.6 Å². The minimum Gasteiger partial charge on any atom is -0.352 e. The Morgan fingerprint density at radius 1 is 1.32 bits per heavy atom. The molecule has 0 radical (unpaired) electrons. The molecule has 2 aromatic rings. The number of rotatable bonds is 5. The molecule has 4 rings (SSSR count). The summed E-state index contributed by atoms with van der Waals surface area (Å²) in [5.41, 5.74) is 1.08. The van der Waals surface area contributed by atoms with Gasteiger partial charge >= 0.3 is 0 Å². The summed E-state index contributed by atoms with van der Waals surface area (Å²) in [6, 6.07) is 7.66. The fourth-order valence-corrected chi connectivity index (χ4v) is 5.48. The second-order valence-electron chi connectivity index (χ2n) is 7.69. The molecule has 1 spiro atoms. The minimum absolute atomic E-state index is 0.0352. The molecule has 2 fully saturated rings. The number of benzene rings is 1. The Hall–Kier alpha value is -2.32. The number of halogens is 1. The monoisotopic (exact) mass is 403 g/mol. The number of aromatic nitrogens is 1. The van der Waals surface area contributed by atoms with Crippen molar-refractivity contribution in [3.8, 4) is 0 Å². The number of carbonyl (C=O) groups is 1. The molecule has 1 N–H and O–H groups in total. The molecule has 6 nitrogen and oxygen atoms in total. The fourth-order valence-electron chi connectivity index (χ4n) is 3.93. The van der Waals surface area contributed by atoms with Gasteiger partial charge in [-0.2, -0.15) is 4.31 Å². The molecule has 8 heteroatoms. The fraction of sp³-hybridized carbons (Fsp3) is 0.400. The first-order chi connectivity index (χ1) is 13.3. The van der Waals surface area contributed by atoms with Crippen molar-refractivity contribution in [3.05, 3.63) is 59.7 Å². The Balaban J connectivity index is 1.40. The first-order valence-electron chi connectivity index (χ1n) is 9.25. The lowest BCUT2D eigenvalue weighted by Gasteiger charge is -2.17. The van der Waals surface area contributed by atoms with E-state index >= 15 is 0 Å². The molecule has 1 aromatic heterocycles. The predicted molar refractivity (Wildman–Crippen MR) is 101 cm³/mol. The van der Waals surface area contributed by atoms with Gasteiger partial charge in [0.25, 0.3) is 0 Å². The quantitative estimate of drug-likeness (QED) is 0.831. The summed E-state index contributed by atoms with van der Waals surface area (Å²) in [6.45, 7) is 2.68. The van der Waals surface area contributed by atoms with Gasteiger partial charge in [-0.05, 0) is 60.6 Å². The second kappa shape index (κ2) is 6.93. The smallest absolute Gasteiger partial charge is 0.243 e. The third-order valence-electron chi connectivity index (χ3n) is 5.85. The highest BCUT2D eigenvalue weighted by atomic mass is 32.2. The van der Waals surface area contributed by atoms with E-state index in [-0.39, 0.29) is 22.1 Å². The zero-order chi connectivity index (χ0) is 19.9. The van der Waals surface area contributed by atoms with Gasteiger partial charge < -0.3 is 5.32 Å². The average Bonchev–Trinajstić information content (AvgIpc) is 3.21. The summed E-state index contributed by atoms with van der Waals surface area (Å²) in [4.78, 5) is 16.4. The van der Waals surface area contributed by atoms with Crippen LogP contribution in [0.3, 0.4) is 0 Å². The van der Waals surface area contributed by atoms with Crippen LogP contribution in [0.4, 0.5) is 4.39 Å². The normalized spacial score (nSPS) is 24.4. The molecule has 0 unspecified atom stereocenters. The van der Waals surface area contributed by atoms with E-state index in [0.29, 0.717) is 38.0 Å². The van der Waals surface area contributed by atoms with E-state index in [9.17, 15) is 17.6 Å². The van der Waals surface area contributed by atoms with E-state index in [1.54, 1.807) is 19.3 Å². The highest BCUT2D eigenvalue weighted by Crippen LogP contribution is 2.59. The van der Waals surface area contributed by atoms with Crippen LogP contribution in [-0.4, -0.2) is 36.7 Å². The molecule has 1 saturated heterocycles. The molecule has 1 saturated carbocycles. The summed E-state index contributed by atoms with van der Waals surface area (Å²) in [5.74, 6) is -0.753. The molecule has 148 valence electrons. The van der Waals surface area contributed by atoms with Crippen molar-refractivity contribution in [2.75, 3.05) is 13.1 Å². The first kappa shape index (κ1) is 19.0. The van der Waals surface area contributed by atoms with Gasteiger partial charge in [0.15, 0.2) is 0 Å². The number of carbonyl (C=O) groups excluding carboxylic acids is 1. The lowest BCUT2D eigenvalue weighted by atomic mass is 10.0. The van der Waals surface area contributed by atoms with Crippen LogP contribution < -0.4 is 5.32 Å². The van der Waals surface area contributed by atoms with Gasteiger partial charge in [0.2, 0.25) is 15.9 Å². The Morgan fingerprint density at radius 2 is 2.07 bits per heavy atom. The summed E-state index contributed by atoms with van der Waals surface area (Å²) in [6.07, 6.45) is 4.68. The van der Waals surface area contributed by atoms with Crippen LogP contribution in [0.2, 0.25) is 0 Å². The molecule has 28 heavy (non-hydrogen) atoms. The Morgan fingerprint density at radius 3 is 2.79 bits per heavy atom. The Labute approximate surface area is 163 Å². The average molecular weight is 403 g/mol. The maximum absolute atomic E-state index is 13.8. The van der Waals surface area contributed by atoms with Crippen molar-refractivity contribution in [1.29, 1.82) is 0 Å². The van der Waals surface area contributed by atoms with Gasteiger partial charge in [0.1, 0.15) is 5.82 Å². The van der Waals surface area contributed by atoms with Crippen molar-refractivity contribution >= 4 is 15.9 Å². The highest BCUT2D eigenvalue weighted by Gasteiger charge is 2.62. The van der Waals surface area contributed by atoms with E-state index in [1.165, 1.54) is 16.4 Å². The molecule has 1 aliphatic carbocycles. The number of hydrogen-bond acceptors (Lipinski definition) is 4. The number of nitrogens with one attached hydrogen (secondary N) is 1. The van der Waals surface area contributed by atoms with Crippen LogP contribution in [-0.2, 0) is 21.4 Å². The largest absolute Gasteiger partial charge is 0.352 e. The first-order valence-corrected chi connectivity index (χ1v) is 10.7. The Bertz CT molecular complexity index is 1010. The summed E-state index contributed by atoms with van der Waals surface area (Å²) in [7, 11) is -3.76. The van der Waals surface area contributed by atoms with Gasteiger partial charge in [0.05, 0.1) is 4.90 Å². The van der Waals surface area contributed by atoms with E-state index in [4.69, 9.17) is 0 Å². The summed E-state index contributed by atoms with van der Waals surface area (Å²) < 4.78 is 40.9. The number of hydrogen-bond donors (Lipinski definition) is 1. The topological polar surface area (TPSA) is 79.4 Å². The standard InChI is InChI=1S/C20H22FN3O3S/c1-14-2-3-16(10-18(14)21)28(26,27)24-9-6-20(13-24)11-17(20)19(25)23-12-15-4-7-22-8-5-15/h2-5,7-8,10,17H,6,9,11-13H2,1H3,(H,23,25)/t17-,20-/m0/s1. The summed E-state index contributed by atoms with van der Waals surface area (Å²) in [5, 5.41) is 2.93. The summed E-state index contributed by atoms with van der Waals surface area (Å²) >= 11 is 0. The molecule has 0 bridgehead atoms. The molecule has 2 atom stereocenters. The number of amides is 1. The zero-order valence-electron chi connectivity index (χ0n) is 15.6. The predicted octanol–water partition coefficient (Wildman–Crippen LogP) is 2.25. The number of pyridine rings is 1. The Kier molecular flexibility index (Phi) is 4.71. The van der Waals surface area contributed by atoms with E-state index in [2.05, 4.69) is 10.3 Å². The van der Waals surface area contributed by atoms with Crippen molar-refractivity contribution in [3.63, 3.8) is 0 Å². The molecular formula is C20H22FN3O3S. The highest BCUT2D eigenvalue weighted by molar-refractivity contribution is 7.89. The van der Waals surface area contributed by atoms with Crippen LogP contribution in [0.25, 0.3) is 0 Å². The molecule has 2 heterocycles. The van der Waals surface area contributed by atoms with Crippen LogP contribution in [0, 0.1) is 24.1 Å². The van der Waals surface area contributed by atoms with E-state index in [1.807, 2.05) is 12.1 Å². The molecular weight excluding hydrogens is 381 g/mol. The maximum atomic E-state index is 13.8. The van der Waals surface area contributed by atoms with Gasteiger partial charge in [-0.25, -0.2) is 12.8 Å². The number of nitrogens with zero attached hydrogens (tertiary/aromatic N) is 2. The van der Waals surface area contributed by atoms with E-state index < -0.39 is 15.8 Å². The van der Waals surface area contributed by atoms with Gasteiger partial charge in [-0.15, -0.1) is 0 Å². The molecule has 1 aliphatic heterocycles. The molecule has 1 aromatic carbocycles. The zero-order valence-corrected chi connectivity index (χ0v) is 16.4. The number of aryl methyl sites for hydroxylation is 1. The maximum Gasteiger partial charge on any atom is 0.243 e. The third kappa shape index (κ3) is 3.42. The van der Waals surface area contributed by atoms with Crippen molar-refractivity contribution in [1.82, 2.24) is 14.6 Å². The molecule has 1 amide bonds. The lowest BCUT2D eigenvalue weighted by Crippen LogP contribution is -2.31. The van der Waals surface area contributed by atoms with Gasteiger partial charge in [-0.3, -0.25) is 9.78 Å². The van der Waals surface area contributed by atoms with Gasteiger partial charge in [-0.1, -0.05) is 6.07 Å². The van der Waals surface area contributed by atoms with Crippen molar-refractivity contribution in [2.45, 2.75) is 31.2 Å². The van der Waals surface area contributed by atoms with Crippen LogP contribution in [0.1, 0.15) is 24.0 Å². The SMILES string of the molecule is Cc1ccc(S(=O)(=O)N2CC[C@]3(C[C@H]3C(=O)NCc3ccncc3)C2)cc1F. The van der Waals surface area contributed by atoms with Gasteiger partial charge in [0, 0.05) is 37.9 Å². The van der Waals surface area contributed by atoms with Crippen LogP contribution in [0.15, 0.2) is 47.6 Å². The van der Waals surface area contributed by atoms with E-state index in [0.717, 1.165) is 11.6 Å². The third-order valence-corrected chi connectivity index (χ3v) is 7.69. The second-order valence-corrected chi connectivity index (χ2v) is 9.63. The lowest BCUT2D eigenvalue weighted by molar-refractivity contribution is -0.123. The minimum atomic E-state index is -3.76. The van der Waals surface area contributed by atoms with Crippen LogP contribution >= 0.6 is 0 Å². The molecule has 2 aliphatic rings. The van der Waals surface area contributed by atoms with Crippen LogP contribution in [0.5, 0.6) is 0 Å². The van der Waals surface area contributed by atoms with Crippen molar-refractivity contribution in [2.24, 2.45) is 11.3 Å².